The fourth-order valence-electron chi connectivity index (χ4n) is 1.53. The van der Waals surface area contributed by atoms with Crippen LogP contribution in [-0.4, -0.2) is 32.8 Å². The molecule has 1 aromatic carbocycles. The van der Waals surface area contributed by atoms with E-state index in [-0.39, 0.29) is 5.57 Å². The lowest BCUT2D eigenvalue weighted by Crippen LogP contribution is -2.28. The largest absolute Gasteiger partial charge is 0.492 e. The van der Waals surface area contributed by atoms with E-state index in [1.165, 1.54) is 6.20 Å². The van der Waals surface area contributed by atoms with Crippen molar-refractivity contribution in [2.75, 3.05) is 32.2 Å². The lowest BCUT2D eigenvalue weighted by Gasteiger charge is -2.10. The van der Waals surface area contributed by atoms with Gasteiger partial charge in [0.1, 0.15) is 17.4 Å². The van der Waals surface area contributed by atoms with Crippen molar-refractivity contribution < 1.29 is 14.3 Å². The van der Waals surface area contributed by atoms with Crippen molar-refractivity contribution in [3.05, 3.63) is 36.0 Å². The van der Waals surface area contributed by atoms with Crippen LogP contribution in [0.3, 0.4) is 0 Å². The number of nitriles is 1. The second-order valence-corrected chi connectivity index (χ2v) is 3.99. The van der Waals surface area contributed by atoms with Crippen LogP contribution in [-0.2, 0) is 9.53 Å². The van der Waals surface area contributed by atoms with Gasteiger partial charge in [-0.15, -0.1) is 0 Å². The Morgan fingerprint density at radius 3 is 2.86 bits per heavy atom. The zero-order chi connectivity index (χ0) is 15.5. The lowest BCUT2D eigenvalue weighted by atomic mass is 10.2. The molecule has 0 aliphatic rings. The van der Waals surface area contributed by atoms with E-state index < -0.39 is 5.91 Å². The molecule has 1 aromatic rings. The van der Waals surface area contributed by atoms with Gasteiger partial charge in [0, 0.05) is 19.9 Å². The van der Waals surface area contributed by atoms with E-state index >= 15 is 0 Å². The van der Waals surface area contributed by atoms with Gasteiger partial charge in [0.25, 0.3) is 5.91 Å². The molecule has 6 nitrogen and oxygen atoms in total. The van der Waals surface area contributed by atoms with Crippen LogP contribution in [0.4, 0.5) is 5.69 Å². The zero-order valence-electron chi connectivity index (χ0n) is 12.2. The van der Waals surface area contributed by atoms with E-state index in [0.29, 0.717) is 31.2 Å². The summed E-state index contributed by atoms with van der Waals surface area (Å²) in [5.74, 6) is 0.212. The summed E-state index contributed by atoms with van der Waals surface area (Å²) < 4.78 is 10.3. The molecule has 0 heterocycles. The molecule has 0 aliphatic carbocycles. The van der Waals surface area contributed by atoms with Gasteiger partial charge in [0.05, 0.1) is 18.9 Å². The van der Waals surface area contributed by atoms with E-state index in [0.717, 1.165) is 0 Å². The van der Waals surface area contributed by atoms with Crippen molar-refractivity contribution in [1.82, 2.24) is 5.32 Å². The minimum Gasteiger partial charge on any atom is -0.492 e. The maximum absolute atomic E-state index is 11.8. The highest BCUT2D eigenvalue weighted by molar-refractivity contribution is 5.97. The van der Waals surface area contributed by atoms with E-state index in [9.17, 15) is 4.79 Å². The number of amides is 1. The number of carbonyl (C=O) groups is 1. The van der Waals surface area contributed by atoms with Crippen molar-refractivity contribution in [3.63, 3.8) is 0 Å². The van der Waals surface area contributed by atoms with Gasteiger partial charge in [0.15, 0.2) is 0 Å². The van der Waals surface area contributed by atoms with Gasteiger partial charge >= 0.3 is 0 Å². The Labute approximate surface area is 124 Å². The highest BCUT2D eigenvalue weighted by atomic mass is 16.5. The lowest BCUT2D eigenvalue weighted by molar-refractivity contribution is -0.117. The monoisotopic (exact) mass is 289 g/mol. The first-order valence-electron chi connectivity index (χ1n) is 6.58. The number of rotatable bonds is 8. The molecule has 21 heavy (non-hydrogen) atoms. The third-order valence-electron chi connectivity index (χ3n) is 2.52. The van der Waals surface area contributed by atoms with Crippen molar-refractivity contribution in [3.8, 4) is 11.8 Å². The fraction of sp³-hybridized carbons (Fsp3) is 0.333. The first-order chi connectivity index (χ1) is 10.2. The minimum atomic E-state index is -0.448. The van der Waals surface area contributed by atoms with Gasteiger partial charge < -0.3 is 20.1 Å². The zero-order valence-corrected chi connectivity index (χ0v) is 12.2. The van der Waals surface area contributed by atoms with Crippen LogP contribution in [0.25, 0.3) is 0 Å². The van der Waals surface area contributed by atoms with Gasteiger partial charge in [-0.25, -0.2) is 0 Å². The molecule has 0 aromatic heterocycles. The van der Waals surface area contributed by atoms with Crippen molar-refractivity contribution >= 4 is 11.6 Å². The quantitative estimate of drug-likeness (QED) is 0.432. The van der Waals surface area contributed by atoms with E-state index in [4.69, 9.17) is 14.7 Å². The van der Waals surface area contributed by atoms with Gasteiger partial charge in [-0.3, -0.25) is 4.79 Å². The Hall–Kier alpha value is -2.52. The number of carbonyl (C=O) groups excluding carboxylic acids is 1. The molecule has 1 rings (SSSR count). The second-order valence-electron chi connectivity index (χ2n) is 3.99. The predicted octanol–water partition coefficient (Wildman–Crippen LogP) is 1.67. The Bertz CT molecular complexity index is 535. The van der Waals surface area contributed by atoms with Gasteiger partial charge in [-0.2, -0.15) is 5.26 Å². The number of benzene rings is 1. The Morgan fingerprint density at radius 2 is 2.19 bits per heavy atom. The standard InChI is InChI=1S/C15H19N3O3/c1-3-21-14-7-5-4-6-13(14)18-11-12(10-16)15(19)17-8-9-20-2/h4-7,11,18H,3,8-9H2,1-2H3,(H,17,19)/b12-11-. The summed E-state index contributed by atoms with van der Waals surface area (Å²) in [5, 5.41) is 14.5. The molecule has 0 saturated heterocycles. The smallest absolute Gasteiger partial charge is 0.263 e. The predicted molar refractivity (Wildman–Crippen MR) is 79.8 cm³/mol. The number of nitrogens with zero attached hydrogens (tertiary/aromatic N) is 1. The van der Waals surface area contributed by atoms with Crippen LogP contribution in [0.2, 0.25) is 0 Å². The Morgan fingerprint density at radius 1 is 1.43 bits per heavy atom. The number of methoxy groups -OCH3 is 1. The number of hydrogen-bond acceptors (Lipinski definition) is 5. The second kappa shape index (κ2) is 9.39. The molecule has 0 atom stereocenters. The third kappa shape index (κ3) is 5.55. The summed E-state index contributed by atoms with van der Waals surface area (Å²) >= 11 is 0. The summed E-state index contributed by atoms with van der Waals surface area (Å²) in [6, 6.07) is 9.16. The highest BCUT2D eigenvalue weighted by Gasteiger charge is 2.08. The Kier molecular flexibility index (Phi) is 7.40. The first-order valence-corrected chi connectivity index (χ1v) is 6.58. The molecule has 0 bridgehead atoms. The Balaban J connectivity index is 2.72. The average molecular weight is 289 g/mol. The van der Waals surface area contributed by atoms with E-state index in [1.54, 1.807) is 13.2 Å². The number of ether oxygens (including phenoxy) is 2. The van der Waals surface area contributed by atoms with Crippen molar-refractivity contribution in [1.29, 1.82) is 5.26 Å². The molecule has 0 radical (unpaired) electrons. The summed E-state index contributed by atoms with van der Waals surface area (Å²) in [7, 11) is 1.54. The molecule has 1 amide bonds. The third-order valence-corrected chi connectivity index (χ3v) is 2.52. The van der Waals surface area contributed by atoms with Crippen molar-refractivity contribution in [2.45, 2.75) is 6.92 Å². The molecule has 112 valence electrons. The maximum Gasteiger partial charge on any atom is 0.263 e. The van der Waals surface area contributed by atoms with E-state index in [2.05, 4.69) is 10.6 Å². The van der Waals surface area contributed by atoms with Gasteiger partial charge in [0.2, 0.25) is 0 Å². The molecule has 0 spiro atoms. The van der Waals surface area contributed by atoms with Crippen LogP contribution in [0.5, 0.6) is 5.75 Å². The average Bonchev–Trinajstić information content (AvgIpc) is 2.50. The van der Waals surface area contributed by atoms with Crippen LogP contribution in [0.15, 0.2) is 36.0 Å². The molecule has 0 unspecified atom stereocenters. The summed E-state index contributed by atoms with van der Waals surface area (Å²) in [4.78, 5) is 11.8. The topological polar surface area (TPSA) is 83.4 Å². The number of nitrogens with one attached hydrogen (secondary N) is 2. The van der Waals surface area contributed by atoms with Crippen molar-refractivity contribution in [2.24, 2.45) is 0 Å². The molecule has 0 saturated carbocycles. The summed E-state index contributed by atoms with van der Waals surface area (Å²) in [6.45, 7) is 3.16. The van der Waals surface area contributed by atoms with Crippen LogP contribution >= 0.6 is 0 Å². The molecular weight excluding hydrogens is 270 g/mol. The molecule has 2 N–H and O–H groups in total. The number of anilines is 1. The fourth-order valence-corrected chi connectivity index (χ4v) is 1.53. The number of para-hydroxylation sites is 2. The van der Waals surface area contributed by atoms with Gasteiger partial charge in [-0.1, -0.05) is 12.1 Å². The highest BCUT2D eigenvalue weighted by Crippen LogP contribution is 2.23. The normalized spacial score (nSPS) is 10.6. The minimum absolute atomic E-state index is 0.0163. The molecule has 0 fully saturated rings. The first kappa shape index (κ1) is 16.5. The van der Waals surface area contributed by atoms with Crippen LogP contribution in [0.1, 0.15) is 6.92 Å². The molecule has 6 heteroatoms. The summed E-state index contributed by atoms with van der Waals surface area (Å²) in [5.41, 5.74) is 0.675. The van der Waals surface area contributed by atoms with Crippen LogP contribution < -0.4 is 15.4 Å². The molecule has 0 aliphatic heterocycles. The maximum atomic E-state index is 11.8. The SMILES string of the molecule is CCOc1ccccc1N/C=C(/C#N)C(=O)NCCOC. The summed E-state index contributed by atoms with van der Waals surface area (Å²) in [6.07, 6.45) is 1.36. The number of hydrogen-bond donors (Lipinski definition) is 2. The molecular formula is C15H19N3O3. The van der Waals surface area contributed by atoms with Gasteiger partial charge in [-0.05, 0) is 19.1 Å². The van der Waals surface area contributed by atoms with E-state index in [1.807, 2.05) is 31.2 Å². The van der Waals surface area contributed by atoms with Crippen LogP contribution in [0, 0.1) is 11.3 Å².